The van der Waals surface area contributed by atoms with Crippen LogP contribution in [-0.4, -0.2) is 36.7 Å². The van der Waals surface area contributed by atoms with Crippen LogP contribution in [0.25, 0.3) is 0 Å². The summed E-state index contributed by atoms with van der Waals surface area (Å²) in [6, 6.07) is 19.9. The fraction of sp³-hybridized carbons (Fsp3) is 0.276. The maximum atomic E-state index is 13.1. The van der Waals surface area contributed by atoms with E-state index in [0.29, 0.717) is 23.4 Å². The Hall–Kier alpha value is -3.93. The minimum Gasteiger partial charge on any atom is -0.497 e. The molecule has 0 unspecified atom stereocenters. The fourth-order valence-corrected chi connectivity index (χ4v) is 4.24. The van der Waals surface area contributed by atoms with Gasteiger partial charge in [0.15, 0.2) is 5.78 Å². The molecule has 6 heteroatoms. The molecule has 1 aliphatic rings. The lowest BCUT2D eigenvalue weighted by atomic mass is 9.85. The molecule has 3 aromatic rings. The average molecular weight is 471 g/mol. The molecule has 0 spiro atoms. The summed E-state index contributed by atoms with van der Waals surface area (Å²) >= 11 is 0. The van der Waals surface area contributed by atoms with Crippen molar-refractivity contribution in [2.24, 2.45) is 4.99 Å². The summed E-state index contributed by atoms with van der Waals surface area (Å²) in [4.78, 5) is 30.5. The molecule has 0 bridgehead atoms. The quantitative estimate of drug-likeness (QED) is 0.426. The molecule has 1 heterocycles. The van der Waals surface area contributed by atoms with Crippen LogP contribution in [0.15, 0.2) is 71.7 Å². The minimum atomic E-state index is -0.272. The van der Waals surface area contributed by atoms with Crippen molar-refractivity contribution in [3.05, 3.63) is 89.0 Å². The highest BCUT2D eigenvalue weighted by Gasteiger charge is 2.28. The summed E-state index contributed by atoms with van der Waals surface area (Å²) in [6.07, 6.45) is 1.01. The van der Waals surface area contributed by atoms with Crippen LogP contribution >= 0.6 is 0 Å². The van der Waals surface area contributed by atoms with Gasteiger partial charge in [-0.25, -0.2) is 0 Å². The largest absolute Gasteiger partial charge is 0.497 e. The number of methoxy groups -OCH3 is 1. The highest BCUT2D eigenvalue weighted by molar-refractivity contribution is 6.17. The highest BCUT2D eigenvalue weighted by Crippen LogP contribution is 2.31. The van der Waals surface area contributed by atoms with Gasteiger partial charge in [0, 0.05) is 22.4 Å². The average Bonchev–Trinajstić information content (AvgIpc) is 2.84. The summed E-state index contributed by atoms with van der Waals surface area (Å²) < 4.78 is 10.8. The van der Waals surface area contributed by atoms with Gasteiger partial charge in [0.25, 0.3) is 5.91 Å². The summed E-state index contributed by atoms with van der Waals surface area (Å²) in [5.74, 6) is 1.21. The van der Waals surface area contributed by atoms with E-state index in [2.05, 4.69) is 25.2 Å². The zero-order chi connectivity index (χ0) is 25.0. The van der Waals surface area contributed by atoms with E-state index in [4.69, 9.17) is 14.5 Å². The molecule has 0 saturated carbocycles. The number of aliphatic imine (C=N–C) groups is 1. The Morgan fingerprint density at radius 2 is 1.60 bits per heavy atom. The van der Waals surface area contributed by atoms with Gasteiger partial charge in [0.2, 0.25) is 0 Å². The van der Waals surface area contributed by atoms with Crippen molar-refractivity contribution in [2.45, 2.75) is 39.2 Å². The molecule has 35 heavy (non-hydrogen) atoms. The Labute approximate surface area is 206 Å². The summed E-state index contributed by atoms with van der Waals surface area (Å²) in [5, 5.41) is 2.86. The topological polar surface area (TPSA) is 77.0 Å². The number of fused-ring (bicyclic) bond motifs is 1. The number of nitrogens with zero attached hydrogens (tertiary/aromatic N) is 1. The molecule has 3 aromatic carbocycles. The normalized spacial score (nSPS) is 13.9. The maximum absolute atomic E-state index is 13.1. The van der Waals surface area contributed by atoms with Crippen molar-refractivity contribution in [3.8, 4) is 11.5 Å². The van der Waals surface area contributed by atoms with E-state index < -0.39 is 0 Å². The zero-order valence-electron chi connectivity index (χ0n) is 20.6. The number of carbonyl (C=O) groups is 2. The maximum Gasteiger partial charge on any atom is 0.255 e. The van der Waals surface area contributed by atoms with Gasteiger partial charge in [-0.2, -0.15) is 0 Å². The van der Waals surface area contributed by atoms with Crippen molar-refractivity contribution in [3.63, 3.8) is 0 Å². The summed E-state index contributed by atoms with van der Waals surface area (Å²) in [5.41, 5.74) is 4.35. The Kier molecular flexibility index (Phi) is 7.01. The van der Waals surface area contributed by atoms with Gasteiger partial charge in [0.1, 0.15) is 11.5 Å². The summed E-state index contributed by atoms with van der Waals surface area (Å²) in [7, 11) is 1.63. The fourth-order valence-electron chi connectivity index (χ4n) is 4.24. The van der Waals surface area contributed by atoms with E-state index in [9.17, 15) is 9.59 Å². The third-order valence-corrected chi connectivity index (χ3v) is 5.91. The van der Waals surface area contributed by atoms with Gasteiger partial charge in [0.05, 0.1) is 31.4 Å². The lowest BCUT2D eigenvalue weighted by Gasteiger charge is -2.29. The number of benzene rings is 3. The van der Waals surface area contributed by atoms with Gasteiger partial charge in [-0.3, -0.25) is 14.6 Å². The van der Waals surface area contributed by atoms with E-state index in [1.165, 1.54) is 5.56 Å². The van der Waals surface area contributed by atoms with E-state index >= 15 is 0 Å². The third kappa shape index (κ3) is 5.77. The minimum absolute atomic E-state index is 0.0281. The number of Topliss-reactive ketones (excluding diaryl/α,β-unsaturated/α-hetero) is 1. The molecule has 0 aliphatic carbocycles. The predicted octanol–water partition coefficient (Wildman–Crippen LogP) is 5.74. The van der Waals surface area contributed by atoms with Gasteiger partial charge in [-0.1, -0.05) is 6.07 Å². The number of rotatable bonds is 8. The molecular weight excluding hydrogens is 440 g/mol. The van der Waals surface area contributed by atoms with Gasteiger partial charge < -0.3 is 14.8 Å². The van der Waals surface area contributed by atoms with E-state index in [0.717, 1.165) is 29.2 Å². The lowest BCUT2D eigenvalue weighted by Crippen LogP contribution is -2.30. The third-order valence-electron chi connectivity index (χ3n) is 5.91. The van der Waals surface area contributed by atoms with Gasteiger partial charge in [-0.05, 0) is 93.4 Å². The number of carbonyl (C=O) groups excluding carboxylic acids is 2. The monoisotopic (exact) mass is 470 g/mol. The molecule has 1 aliphatic heterocycles. The molecule has 1 N–H and O–H groups in total. The second-order valence-corrected chi connectivity index (χ2v) is 9.16. The van der Waals surface area contributed by atoms with Crippen LogP contribution in [0.5, 0.6) is 11.5 Å². The number of hydrogen-bond acceptors (Lipinski definition) is 5. The smallest absolute Gasteiger partial charge is 0.255 e. The van der Waals surface area contributed by atoms with E-state index in [1.54, 1.807) is 55.6 Å². The molecular formula is C29H30N2O4. The summed E-state index contributed by atoms with van der Waals surface area (Å²) in [6.45, 7) is 6.63. The molecule has 180 valence electrons. The van der Waals surface area contributed by atoms with E-state index in [-0.39, 0.29) is 23.7 Å². The van der Waals surface area contributed by atoms with Crippen molar-refractivity contribution in [1.29, 1.82) is 0 Å². The van der Waals surface area contributed by atoms with Gasteiger partial charge >= 0.3 is 0 Å². The number of nitrogens with one attached hydrogen (secondary N) is 1. The Morgan fingerprint density at radius 1 is 0.943 bits per heavy atom. The second kappa shape index (κ2) is 10.1. The predicted molar refractivity (Wildman–Crippen MR) is 138 cm³/mol. The molecule has 0 saturated heterocycles. The van der Waals surface area contributed by atoms with E-state index in [1.807, 2.05) is 19.1 Å². The van der Waals surface area contributed by atoms with Crippen LogP contribution in [0.2, 0.25) is 0 Å². The van der Waals surface area contributed by atoms with Crippen molar-refractivity contribution < 1.29 is 19.1 Å². The van der Waals surface area contributed by atoms with Crippen molar-refractivity contribution >= 4 is 23.1 Å². The molecule has 4 rings (SSSR count). The molecule has 0 radical (unpaired) electrons. The first-order valence-corrected chi connectivity index (χ1v) is 11.7. The number of ether oxygens (including phenoxy) is 2. The Morgan fingerprint density at radius 3 is 2.26 bits per heavy atom. The van der Waals surface area contributed by atoms with Gasteiger partial charge in [-0.15, -0.1) is 0 Å². The van der Waals surface area contributed by atoms with Crippen LogP contribution in [0.4, 0.5) is 5.69 Å². The highest BCUT2D eigenvalue weighted by atomic mass is 16.5. The first-order chi connectivity index (χ1) is 16.8. The number of anilines is 1. The first kappa shape index (κ1) is 24.2. The SMILES string of the molecule is CCOc1ccc(C(=O)Nc2ccc(C(=O)CC3=NC(C)(C)Cc4ccc(OC)cc43)cc2)cc1. The van der Waals surface area contributed by atoms with Crippen LogP contribution in [0.3, 0.4) is 0 Å². The first-order valence-electron chi connectivity index (χ1n) is 11.7. The number of hydrogen-bond donors (Lipinski definition) is 1. The van der Waals surface area contributed by atoms with Crippen LogP contribution in [-0.2, 0) is 6.42 Å². The molecule has 0 fully saturated rings. The Bertz CT molecular complexity index is 1260. The molecule has 0 aromatic heterocycles. The zero-order valence-corrected chi connectivity index (χ0v) is 20.6. The molecule has 0 atom stereocenters. The Balaban J connectivity index is 1.45. The van der Waals surface area contributed by atoms with Crippen LogP contribution < -0.4 is 14.8 Å². The lowest BCUT2D eigenvalue weighted by molar-refractivity contribution is 0.0998. The molecule has 6 nitrogen and oxygen atoms in total. The number of amides is 1. The number of ketones is 1. The van der Waals surface area contributed by atoms with Crippen molar-refractivity contribution in [1.82, 2.24) is 0 Å². The standard InChI is InChI=1S/C29H30N2O4/c1-5-35-23-13-8-20(9-14-23)28(33)30-22-11-6-19(7-12-22)27(32)17-26-25-16-24(34-4)15-10-21(25)18-29(2,3)31-26/h6-16H,5,17-18H2,1-4H3,(H,30,33). The van der Waals surface area contributed by atoms with Crippen molar-refractivity contribution in [2.75, 3.05) is 19.0 Å². The van der Waals surface area contributed by atoms with Crippen LogP contribution in [0, 0.1) is 0 Å². The van der Waals surface area contributed by atoms with Crippen LogP contribution in [0.1, 0.15) is 59.0 Å². The second-order valence-electron chi connectivity index (χ2n) is 9.16. The molecule has 1 amide bonds.